The van der Waals surface area contributed by atoms with E-state index in [2.05, 4.69) is 135 Å². The minimum absolute atomic E-state index is 0.280. The summed E-state index contributed by atoms with van der Waals surface area (Å²) in [6, 6.07) is 40.2. The normalized spacial score (nSPS) is 11.7. The van der Waals surface area contributed by atoms with Gasteiger partial charge in [-0.05, 0) is 82.1 Å². The SMILES string of the molecule is Cc1cc(-c2cn(C(c3ccccc3)(c3ccccc3)c3ccccc3)nc2-c2ccc(F)cc2)cn2c(I)cnc12. The number of imidazole rings is 1. The highest BCUT2D eigenvalue weighted by Crippen LogP contribution is 2.43. The molecule has 7 aromatic rings. The third-order valence-electron chi connectivity index (χ3n) is 7.81. The molecule has 0 amide bonds. The standard InChI is InChI=1S/C36H26FIN4/c1-25-21-27(23-41-33(38)22-39-35(25)41)32-24-42(40-34(32)26-17-19-31(37)20-18-26)36(28-11-5-2-6-12-28,29-13-7-3-8-14-29)30-15-9-4-10-16-30/h2-24H,1H3. The molecule has 6 heteroatoms. The van der Waals surface area contributed by atoms with E-state index in [1.165, 1.54) is 12.1 Å². The van der Waals surface area contributed by atoms with Gasteiger partial charge in [-0.25, -0.2) is 9.37 Å². The molecule has 0 unspecified atom stereocenters. The number of rotatable bonds is 6. The van der Waals surface area contributed by atoms with E-state index < -0.39 is 5.54 Å². The molecular formula is C36H26FIN4. The van der Waals surface area contributed by atoms with Crippen molar-refractivity contribution in [3.05, 3.63) is 172 Å². The summed E-state index contributed by atoms with van der Waals surface area (Å²) in [6.07, 6.45) is 6.12. The molecule has 0 bridgehead atoms. The van der Waals surface area contributed by atoms with Gasteiger partial charge in [0.15, 0.2) is 0 Å². The molecule has 42 heavy (non-hydrogen) atoms. The Balaban J connectivity index is 1.59. The topological polar surface area (TPSA) is 35.1 Å². The summed E-state index contributed by atoms with van der Waals surface area (Å²) in [5, 5.41) is 5.38. The Morgan fingerprint density at radius 3 is 1.79 bits per heavy atom. The maximum Gasteiger partial charge on any atom is 0.140 e. The van der Waals surface area contributed by atoms with Gasteiger partial charge in [-0.3, -0.25) is 9.08 Å². The van der Waals surface area contributed by atoms with E-state index >= 15 is 0 Å². The Morgan fingerprint density at radius 2 is 1.24 bits per heavy atom. The first-order valence-electron chi connectivity index (χ1n) is 13.7. The highest BCUT2D eigenvalue weighted by molar-refractivity contribution is 14.1. The van der Waals surface area contributed by atoms with Crippen LogP contribution in [0.4, 0.5) is 4.39 Å². The van der Waals surface area contributed by atoms with Gasteiger partial charge >= 0.3 is 0 Å². The lowest BCUT2D eigenvalue weighted by atomic mass is 9.77. The lowest BCUT2D eigenvalue weighted by Crippen LogP contribution is -2.38. The largest absolute Gasteiger partial charge is 0.294 e. The number of fused-ring (bicyclic) bond motifs is 1. The average molecular weight is 661 g/mol. The van der Waals surface area contributed by atoms with Crippen molar-refractivity contribution in [3.63, 3.8) is 0 Å². The van der Waals surface area contributed by atoms with E-state index in [9.17, 15) is 4.39 Å². The van der Waals surface area contributed by atoms with Gasteiger partial charge < -0.3 is 0 Å². The van der Waals surface area contributed by atoms with Crippen LogP contribution >= 0.6 is 22.6 Å². The van der Waals surface area contributed by atoms with Crippen molar-refractivity contribution in [3.8, 4) is 22.4 Å². The van der Waals surface area contributed by atoms with Crippen molar-refractivity contribution in [1.82, 2.24) is 19.2 Å². The van der Waals surface area contributed by atoms with E-state index in [4.69, 9.17) is 5.10 Å². The quantitative estimate of drug-likeness (QED) is 0.132. The minimum atomic E-state index is -0.778. The summed E-state index contributed by atoms with van der Waals surface area (Å²) < 4.78 is 19.3. The summed E-state index contributed by atoms with van der Waals surface area (Å²) in [5.41, 5.74) is 8.02. The molecular weight excluding hydrogens is 634 g/mol. The minimum Gasteiger partial charge on any atom is -0.294 e. The van der Waals surface area contributed by atoms with E-state index in [1.54, 1.807) is 12.1 Å². The lowest BCUT2D eigenvalue weighted by molar-refractivity contribution is 0.461. The first kappa shape index (κ1) is 26.3. The second-order valence-corrected chi connectivity index (χ2v) is 11.4. The third kappa shape index (κ3) is 4.34. The maximum atomic E-state index is 14.1. The highest BCUT2D eigenvalue weighted by Gasteiger charge is 2.40. The van der Waals surface area contributed by atoms with Crippen LogP contribution in [0.25, 0.3) is 28.0 Å². The Bertz CT molecular complexity index is 1900. The maximum absolute atomic E-state index is 14.1. The molecule has 0 N–H and O–H groups in total. The Morgan fingerprint density at radius 1 is 0.690 bits per heavy atom. The predicted molar refractivity (Wildman–Crippen MR) is 174 cm³/mol. The van der Waals surface area contributed by atoms with Crippen molar-refractivity contribution in [1.29, 1.82) is 0 Å². The van der Waals surface area contributed by atoms with Gasteiger partial charge in [0.2, 0.25) is 0 Å². The van der Waals surface area contributed by atoms with Crippen LogP contribution in [-0.2, 0) is 5.54 Å². The van der Waals surface area contributed by atoms with Crippen molar-refractivity contribution in [2.45, 2.75) is 12.5 Å². The summed E-state index contributed by atoms with van der Waals surface area (Å²) >= 11 is 2.31. The van der Waals surface area contributed by atoms with E-state index in [0.29, 0.717) is 0 Å². The van der Waals surface area contributed by atoms with Crippen LogP contribution in [0, 0.1) is 16.4 Å². The fourth-order valence-corrected chi connectivity index (χ4v) is 6.40. The average Bonchev–Trinajstić information content (AvgIpc) is 3.64. The number of halogens is 2. The van der Waals surface area contributed by atoms with Crippen LogP contribution in [-0.4, -0.2) is 19.2 Å². The van der Waals surface area contributed by atoms with Crippen molar-refractivity contribution in [2.24, 2.45) is 0 Å². The Hall–Kier alpha value is -4.56. The Labute approximate surface area is 257 Å². The van der Waals surface area contributed by atoms with Crippen molar-refractivity contribution < 1.29 is 4.39 Å². The molecule has 0 fully saturated rings. The summed E-state index contributed by atoms with van der Waals surface area (Å²) in [5.74, 6) is -0.280. The molecule has 4 nitrogen and oxygen atoms in total. The van der Waals surface area contributed by atoms with Crippen LogP contribution in [0.5, 0.6) is 0 Å². The monoisotopic (exact) mass is 660 g/mol. The number of nitrogens with zero attached hydrogens (tertiary/aromatic N) is 4. The number of pyridine rings is 1. The molecule has 3 heterocycles. The number of benzene rings is 4. The lowest BCUT2D eigenvalue weighted by Gasteiger charge is -2.36. The molecule has 0 aliphatic heterocycles. The van der Waals surface area contributed by atoms with Crippen molar-refractivity contribution in [2.75, 3.05) is 0 Å². The molecule has 0 saturated heterocycles. The number of hydrogen-bond acceptors (Lipinski definition) is 2. The molecule has 0 spiro atoms. The molecule has 0 radical (unpaired) electrons. The first-order chi connectivity index (χ1) is 20.6. The molecule has 7 rings (SSSR count). The van der Waals surface area contributed by atoms with Crippen molar-refractivity contribution >= 4 is 28.2 Å². The molecule has 0 saturated carbocycles. The number of aryl methyl sites for hydroxylation is 1. The van der Waals surface area contributed by atoms with Crippen LogP contribution < -0.4 is 0 Å². The van der Waals surface area contributed by atoms with Gasteiger partial charge in [-0.15, -0.1) is 0 Å². The molecule has 0 atom stereocenters. The third-order valence-corrected chi connectivity index (χ3v) is 8.60. The van der Waals surface area contributed by atoms with Gasteiger partial charge in [-0.2, -0.15) is 5.10 Å². The van der Waals surface area contributed by atoms with Gasteiger partial charge in [0.1, 0.15) is 26.4 Å². The second kappa shape index (κ2) is 10.7. The zero-order valence-electron chi connectivity index (χ0n) is 22.8. The van der Waals surface area contributed by atoms with Gasteiger partial charge in [-0.1, -0.05) is 91.0 Å². The summed E-state index contributed by atoms with van der Waals surface area (Å²) in [7, 11) is 0. The van der Waals surface area contributed by atoms with E-state index in [-0.39, 0.29) is 5.82 Å². The van der Waals surface area contributed by atoms with Crippen LogP contribution in [0.15, 0.2) is 140 Å². The molecule has 0 aliphatic rings. The summed E-state index contributed by atoms with van der Waals surface area (Å²) in [4.78, 5) is 4.60. The molecule has 4 aromatic carbocycles. The summed E-state index contributed by atoms with van der Waals surface area (Å²) in [6.45, 7) is 2.08. The first-order valence-corrected chi connectivity index (χ1v) is 14.8. The number of hydrogen-bond donors (Lipinski definition) is 0. The van der Waals surface area contributed by atoms with Gasteiger partial charge in [0.25, 0.3) is 0 Å². The van der Waals surface area contributed by atoms with E-state index in [1.807, 2.05) is 24.4 Å². The molecule has 0 aliphatic carbocycles. The van der Waals surface area contributed by atoms with Crippen LogP contribution in [0.1, 0.15) is 22.3 Å². The molecule has 3 aromatic heterocycles. The zero-order chi connectivity index (χ0) is 28.7. The highest BCUT2D eigenvalue weighted by atomic mass is 127. The second-order valence-electron chi connectivity index (χ2n) is 10.3. The zero-order valence-corrected chi connectivity index (χ0v) is 25.0. The van der Waals surface area contributed by atoms with E-state index in [0.717, 1.165) is 54.0 Å². The number of aromatic nitrogens is 4. The fraction of sp³-hybridized carbons (Fsp3) is 0.0556. The fourth-order valence-electron chi connectivity index (χ4n) is 5.89. The smallest absolute Gasteiger partial charge is 0.140 e. The molecule has 204 valence electrons. The van der Waals surface area contributed by atoms with Gasteiger partial charge in [0.05, 0.1) is 6.20 Å². The van der Waals surface area contributed by atoms with Crippen LogP contribution in [0.3, 0.4) is 0 Å². The van der Waals surface area contributed by atoms with Crippen LogP contribution in [0.2, 0.25) is 0 Å². The van der Waals surface area contributed by atoms with Gasteiger partial charge in [0, 0.05) is 29.1 Å². The predicted octanol–water partition coefficient (Wildman–Crippen LogP) is 8.76. The Kier molecular flexibility index (Phi) is 6.70.